The van der Waals surface area contributed by atoms with Gasteiger partial charge in [-0.2, -0.15) is 0 Å². The number of nitrogens with one attached hydrogen (secondary N) is 3. The topological polar surface area (TPSA) is 140 Å². The molecule has 3 amide bonds. The Morgan fingerprint density at radius 2 is 1.21 bits per heavy atom. The predicted molar refractivity (Wildman–Crippen MR) is 224 cm³/mol. The number of benzene rings is 2. The van der Waals surface area contributed by atoms with Crippen LogP contribution < -0.4 is 5.32 Å². The quantitative estimate of drug-likeness (QED) is 0.124. The van der Waals surface area contributed by atoms with Crippen LogP contribution in [-0.4, -0.2) is 97.4 Å². The summed E-state index contributed by atoms with van der Waals surface area (Å²) < 4.78 is 5.64. The second-order valence-electron chi connectivity index (χ2n) is 17.0. The lowest BCUT2D eigenvalue weighted by Gasteiger charge is -2.36. The normalized spacial score (nSPS) is 19.3. The molecule has 4 heterocycles. The van der Waals surface area contributed by atoms with E-state index in [1.54, 1.807) is 7.05 Å². The summed E-state index contributed by atoms with van der Waals surface area (Å²) in [4.78, 5) is 62.6. The van der Waals surface area contributed by atoms with Crippen LogP contribution in [0.4, 0.5) is 4.79 Å². The molecule has 57 heavy (non-hydrogen) atoms. The lowest BCUT2D eigenvalue weighted by atomic mass is 9.96. The highest BCUT2D eigenvalue weighted by molar-refractivity contribution is 5.86. The number of H-pyrrole nitrogens is 2. The molecule has 306 valence electrons. The van der Waals surface area contributed by atoms with E-state index < -0.39 is 17.7 Å². The number of carbonyl (C=O) groups excluding carboxylic acids is 3. The van der Waals surface area contributed by atoms with Crippen LogP contribution in [0.25, 0.3) is 33.6 Å². The molecule has 0 saturated carbocycles. The van der Waals surface area contributed by atoms with Gasteiger partial charge in [0.15, 0.2) is 0 Å². The van der Waals surface area contributed by atoms with Crippen LogP contribution in [0.15, 0.2) is 60.9 Å². The zero-order valence-electron chi connectivity index (χ0n) is 35.3. The lowest BCUT2D eigenvalue weighted by molar-refractivity contribution is -0.139. The fourth-order valence-corrected chi connectivity index (χ4v) is 8.32. The Balaban J connectivity index is 1.11. The second-order valence-corrected chi connectivity index (χ2v) is 17.0. The largest absolute Gasteiger partial charge is 0.444 e. The van der Waals surface area contributed by atoms with Crippen LogP contribution in [0.3, 0.4) is 0 Å². The van der Waals surface area contributed by atoms with E-state index in [-0.39, 0.29) is 41.8 Å². The maximum atomic E-state index is 14.2. The molecule has 12 heteroatoms. The Morgan fingerprint density at radius 1 is 0.772 bits per heavy atom. The van der Waals surface area contributed by atoms with Crippen molar-refractivity contribution in [1.82, 2.24) is 40.0 Å². The Kier molecular flexibility index (Phi) is 12.9. The first-order valence-electron chi connectivity index (χ1n) is 20.8. The summed E-state index contributed by atoms with van der Waals surface area (Å²) in [5.74, 6) is 1.87. The first kappa shape index (κ1) is 41.7. The molecule has 2 aliphatic heterocycles. The molecule has 2 aromatic heterocycles. The molecular formula is C45H62N8O4. The first-order chi connectivity index (χ1) is 27.2. The van der Waals surface area contributed by atoms with Crippen molar-refractivity contribution in [3.05, 3.63) is 72.6 Å². The highest BCUT2D eigenvalue weighted by Gasteiger charge is 2.41. The zero-order chi connectivity index (χ0) is 41.0. The van der Waals surface area contributed by atoms with Gasteiger partial charge in [0.2, 0.25) is 11.8 Å². The van der Waals surface area contributed by atoms with Crippen LogP contribution in [0.1, 0.15) is 111 Å². The van der Waals surface area contributed by atoms with Crippen LogP contribution in [0.5, 0.6) is 0 Å². The fraction of sp³-hybridized carbons (Fsp3) is 0.533. The van der Waals surface area contributed by atoms with E-state index in [1.165, 1.54) is 4.90 Å². The maximum Gasteiger partial charge on any atom is 0.410 e. The smallest absolute Gasteiger partial charge is 0.410 e. The first-order valence-corrected chi connectivity index (χ1v) is 20.8. The molecule has 3 N–H and O–H groups in total. The SMILES string of the molecule is CC[C@@H](C)[C@H](NC)C(=O)N1CCC[C@H]1c1ncc(-c2ccc(-c3ccc(-c4cnc(C5CCCN5C(=O)[C@H]([C@H](C)CC)N(C)C(=O)OC(C)(C)C)[nH]4)cc3)cc2)[nH]1. The summed E-state index contributed by atoms with van der Waals surface area (Å²) in [7, 11) is 3.53. The molecule has 0 spiro atoms. The van der Waals surface area contributed by atoms with E-state index in [0.717, 1.165) is 90.4 Å². The van der Waals surface area contributed by atoms with E-state index in [1.807, 2.05) is 63.9 Å². The third kappa shape index (κ3) is 9.11. The van der Waals surface area contributed by atoms with Gasteiger partial charge in [-0.3, -0.25) is 14.5 Å². The number of likely N-dealkylation sites (N-methyl/N-ethyl adjacent to an activating group) is 2. The number of amides is 3. The molecule has 2 aliphatic rings. The molecule has 12 nitrogen and oxygen atoms in total. The minimum atomic E-state index is -0.657. The Hall–Kier alpha value is -4.97. The number of ether oxygens (including phenoxy) is 1. The number of imidazole rings is 2. The number of aromatic amines is 2. The maximum absolute atomic E-state index is 14.2. The third-order valence-corrected chi connectivity index (χ3v) is 11.9. The summed E-state index contributed by atoms with van der Waals surface area (Å²) in [5, 5.41) is 3.25. The average molecular weight is 779 g/mol. The van der Waals surface area contributed by atoms with Gasteiger partial charge in [0.05, 0.1) is 41.9 Å². The van der Waals surface area contributed by atoms with E-state index in [2.05, 4.69) is 77.7 Å². The molecule has 0 radical (unpaired) electrons. The molecule has 2 fully saturated rings. The highest BCUT2D eigenvalue weighted by Crippen LogP contribution is 2.36. The van der Waals surface area contributed by atoms with E-state index in [4.69, 9.17) is 14.7 Å². The summed E-state index contributed by atoms with van der Waals surface area (Å²) in [6.07, 6.45) is 8.42. The molecule has 1 unspecified atom stereocenters. The third-order valence-electron chi connectivity index (χ3n) is 11.9. The summed E-state index contributed by atoms with van der Waals surface area (Å²) >= 11 is 0. The van der Waals surface area contributed by atoms with E-state index in [9.17, 15) is 14.4 Å². The van der Waals surface area contributed by atoms with Crippen LogP contribution in [0.2, 0.25) is 0 Å². The number of rotatable bonds is 13. The van der Waals surface area contributed by atoms with Crippen molar-refractivity contribution in [3.8, 4) is 33.6 Å². The Bertz CT molecular complexity index is 1980. The Morgan fingerprint density at radius 3 is 1.63 bits per heavy atom. The average Bonchev–Trinajstić information content (AvgIpc) is 4.04. The van der Waals surface area contributed by atoms with Crippen molar-refractivity contribution >= 4 is 17.9 Å². The molecule has 0 bridgehead atoms. The van der Waals surface area contributed by atoms with E-state index in [0.29, 0.717) is 6.54 Å². The van der Waals surface area contributed by atoms with Gasteiger partial charge in [-0.15, -0.1) is 0 Å². The number of hydrogen-bond acceptors (Lipinski definition) is 7. The summed E-state index contributed by atoms with van der Waals surface area (Å²) in [6.45, 7) is 15.1. The van der Waals surface area contributed by atoms with Crippen LogP contribution in [-0.2, 0) is 14.3 Å². The van der Waals surface area contributed by atoms with Crippen LogP contribution >= 0.6 is 0 Å². The molecule has 6 atom stereocenters. The highest BCUT2D eigenvalue weighted by atomic mass is 16.6. The second kappa shape index (κ2) is 17.7. The van der Waals surface area contributed by atoms with Gasteiger partial charge in [0.25, 0.3) is 0 Å². The summed E-state index contributed by atoms with van der Waals surface area (Å²) in [5.41, 5.74) is 5.38. The standard InChI is InChI=1S/C45H62N8O4/c1-10-28(3)38(46-8)42(54)52-24-12-14-36(52)40-47-26-34(49-40)32-20-16-30(17-21-32)31-18-22-33(23-19-31)35-27-48-41(50-35)37-15-13-25-53(37)43(55)39(29(4)11-2)51(9)44(56)57-45(5,6)7/h16-23,26-29,36-39,46H,10-15,24-25H2,1-9H3,(H,47,49)(H,48,50)/t28-,29-,36+,37?,38+,39+/m1/s1. The monoisotopic (exact) mass is 778 g/mol. The Labute approximate surface area is 338 Å². The van der Waals surface area contributed by atoms with Crippen molar-refractivity contribution in [3.63, 3.8) is 0 Å². The van der Waals surface area contributed by atoms with Crippen molar-refractivity contribution in [1.29, 1.82) is 0 Å². The van der Waals surface area contributed by atoms with Crippen molar-refractivity contribution in [2.24, 2.45) is 11.8 Å². The minimum Gasteiger partial charge on any atom is -0.444 e. The number of hydrogen-bond donors (Lipinski definition) is 3. The van der Waals surface area contributed by atoms with Crippen LogP contribution in [0, 0.1) is 11.8 Å². The van der Waals surface area contributed by atoms with Gasteiger partial charge in [-0.1, -0.05) is 89.1 Å². The number of aromatic nitrogens is 4. The number of likely N-dealkylation sites (tertiary alicyclic amines) is 2. The summed E-state index contributed by atoms with van der Waals surface area (Å²) in [6, 6.07) is 15.8. The molecule has 4 aromatic rings. The molecule has 2 saturated heterocycles. The predicted octanol–water partition coefficient (Wildman–Crippen LogP) is 8.38. The van der Waals surface area contributed by atoms with Gasteiger partial charge < -0.3 is 29.8 Å². The molecule has 6 rings (SSSR count). The number of carbonyl (C=O) groups is 3. The minimum absolute atomic E-state index is 0.0470. The van der Waals surface area contributed by atoms with Gasteiger partial charge in [0.1, 0.15) is 23.3 Å². The molecular weight excluding hydrogens is 717 g/mol. The van der Waals surface area contributed by atoms with Gasteiger partial charge >= 0.3 is 6.09 Å². The molecule has 0 aliphatic carbocycles. The van der Waals surface area contributed by atoms with Gasteiger partial charge in [0, 0.05) is 20.1 Å². The van der Waals surface area contributed by atoms with E-state index >= 15 is 0 Å². The lowest BCUT2D eigenvalue weighted by Crippen LogP contribution is -2.53. The zero-order valence-corrected chi connectivity index (χ0v) is 35.3. The fourth-order valence-electron chi connectivity index (χ4n) is 8.32. The van der Waals surface area contributed by atoms with Crippen molar-refractivity contribution in [2.45, 2.75) is 117 Å². The number of nitrogens with zero attached hydrogens (tertiary/aromatic N) is 5. The van der Waals surface area contributed by atoms with Crippen molar-refractivity contribution < 1.29 is 19.1 Å². The van der Waals surface area contributed by atoms with Gasteiger partial charge in [-0.25, -0.2) is 14.8 Å². The van der Waals surface area contributed by atoms with Gasteiger partial charge in [-0.05, 0) is 87.6 Å². The van der Waals surface area contributed by atoms with Crippen molar-refractivity contribution in [2.75, 3.05) is 27.2 Å². The molecule has 2 aromatic carbocycles.